The smallest absolute Gasteiger partial charge is 0.160 e. The molecule has 0 aliphatic heterocycles. The van der Waals surface area contributed by atoms with Gasteiger partial charge in [-0.05, 0) is 43.0 Å². The van der Waals surface area contributed by atoms with E-state index in [-0.39, 0.29) is 5.75 Å². The van der Waals surface area contributed by atoms with Gasteiger partial charge in [-0.1, -0.05) is 36.4 Å². The molecule has 0 unspecified atom stereocenters. The van der Waals surface area contributed by atoms with Gasteiger partial charge in [-0.3, -0.25) is 0 Å². The molecule has 0 amide bonds. The molecule has 0 aromatic heterocycles. The predicted molar refractivity (Wildman–Crippen MR) is 85.7 cm³/mol. The van der Waals surface area contributed by atoms with Crippen molar-refractivity contribution >= 4 is 0 Å². The molecule has 2 rings (SSSR count). The molecule has 0 saturated heterocycles. The summed E-state index contributed by atoms with van der Waals surface area (Å²) in [5, 5.41) is 13.1. The fourth-order valence-electron chi connectivity index (χ4n) is 2.25. The van der Waals surface area contributed by atoms with Crippen LogP contribution in [0, 0.1) is 0 Å². The molecule has 0 fully saturated rings. The first-order chi connectivity index (χ1) is 10.2. The number of nitrogens with one attached hydrogen (secondary N) is 1. The molecule has 0 bridgehead atoms. The standard InChI is InChI=1S/C18H23NO2/c1-14(19-13-16-6-4-3-5-7-16)8-9-15-10-11-17(20)18(12-15)21-2/h3-7,10-12,14,19-20H,8-9,13H2,1-2H3/t14-/m0/s1. The number of methoxy groups -OCH3 is 1. The zero-order valence-corrected chi connectivity index (χ0v) is 12.7. The highest BCUT2D eigenvalue weighted by atomic mass is 16.5. The van der Waals surface area contributed by atoms with Crippen LogP contribution in [-0.4, -0.2) is 18.3 Å². The third-order valence-electron chi connectivity index (χ3n) is 3.61. The van der Waals surface area contributed by atoms with Gasteiger partial charge in [-0.25, -0.2) is 0 Å². The highest BCUT2D eigenvalue weighted by Crippen LogP contribution is 2.26. The molecule has 21 heavy (non-hydrogen) atoms. The van der Waals surface area contributed by atoms with Crippen molar-refractivity contribution in [3.05, 3.63) is 59.7 Å². The van der Waals surface area contributed by atoms with E-state index in [2.05, 4.69) is 36.5 Å². The zero-order chi connectivity index (χ0) is 15.1. The van der Waals surface area contributed by atoms with E-state index in [1.807, 2.05) is 18.2 Å². The number of benzene rings is 2. The van der Waals surface area contributed by atoms with Gasteiger partial charge in [0.1, 0.15) is 0 Å². The third-order valence-corrected chi connectivity index (χ3v) is 3.61. The van der Waals surface area contributed by atoms with Crippen molar-refractivity contribution in [1.29, 1.82) is 0 Å². The molecule has 2 aromatic rings. The summed E-state index contributed by atoms with van der Waals surface area (Å²) >= 11 is 0. The maximum absolute atomic E-state index is 9.59. The fourth-order valence-corrected chi connectivity index (χ4v) is 2.25. The first kappa shape index (κ1) is 15.4. The summed E-state index contributed by atoms with van der Waals surface area (Å²) in [6.45, 7) is 3.08. The Labute approximate surface area is 126 Å². The second kappa shape index (κ2) is 7.70. The van der Waals surface area contributed by atoms with Crippen molar-refractivity contribution in [2.45, 2.75) is 32.4 Å². The number of aryl methyl sites for hydroxylation is 1. The van der Waals surface area contributed by atoms with Crippen molar-refractivity contribution in [2.75, 3.05) is 7.11 Å². The lowest BCUT2D eigenvalue weighted by Gasteiger charge is -2.14. The Kier molecular flexibility index (Phi) is 5.64. The highest BCUT2D eigenvalue weighted by molar-refractivity contribution is 5.41. The molecule has 2 aromatic carbocycles. The second-order valence-corrected chi connectivity index (χ2v) is 5.31. The molecule has 0 saturated carbocycles. The molecule has 0 heterocycles. The minimum absolute atomic E-state index is 0.191. The van der Waals surface area contributed by atoms with Crippen molar-refractivity contribution in [1.82, 2.24) is 5.32 Å². The molecule has 1 atom stereocenters. The Morgan fingerprint density at radius 2 is 1.86 bits per heavy atom. The highest BCUT2D eigenvalue weighted by Gasteiger charge is 2.05. The van der Waals surface area contributed by atoms with E-state index in [9.17, 15) is 5.11 Å². The van der Waals surface area contributed by atoms with Crippen molar-refractivity contribution < 1.29 is 9.84 Å². The maximum Gasteiger partial charge on any atom is 0.160 e. The fraction of sp³-hybridized carbons (Fsp3) is 0.333. The van der Waals surface area contributed by atoms with Gasteiger partial charge in [0.05, 0.1) is 7.11 Å². The average Bonchev–Trinajstić information content (AvgIpc) is 2.53. The number of phenols is 1. The van der Waals surface area contributed by atoms with E-state index in [1.54, 1.807) is 13.2 Å². The Bertz CT molecular complexity index is 554. The number of phenolic OH excluding ortho intramolecular Hbond substituents is 1. The third kappa shape index (κ3) is 4.80. The van der Waals surface area contributed by atoms with Gasteiger partial charge < -0.3 is 15.2 Å². The molecule has 0 aliphatic rings. The maximum atomic E-state index is 9.59. The molecule has 112 valence electrons. The Balaban J connectivity index is 1.79. The van der Waals surface area contributed by atoms with Crippen LogP contribution in [0.3, 0.4) is 0 Å². The minimum Gasteiger partial charge on any atom is -0.504 e. The number of hydrogen-bond donors (Lipinski definition) is 2. The van der Waals surface area contributed by atoms with E-state index in [4.69, 9.17) is 4.74 Å². The lowest BCUT2D eigenvalue weighted by atomic mass is 10.1. The van der Waals surface area contributed by atoms with E-state index >= 15 is 0 Å². The SMILES string of the molecule is COc1cc(CC[C@H](C)NCc2ccccc2)ccc1O. The number of aromatic hydroxyl groups is 1. The summed E-state index contributed by atoms with van der Waals surface area (Å²) in [5.74, 6) is 0.730. The summed E-state index contributed by atoms with van der Waals surface area (Å²) in [5.41, 5.74) is 2.48. The molecule has 3 nitrogen and oxygen atoms in total. The van der Waals surface area contributed by atoms with E-state index in [0.29, 0.717) is 11.8 Å². The Morgan fingerprint density at radius 1 is 1.10 bits per heavy atom. The normalized spacial score (nSPS) is 12.1. The van der Waals surface area contributed by atoms with Gasteiger partial charge in [0.15, 0.2) is 11.5 Å². The number of hydrogen-bond acceptors (Lipinski definition) is 3. The van der Waals surface area contributed by atoms with Gasteiger partial charge in [-0.2, -0.15) is 0 Å². The minimum atomic E-state index is 0.191. The first-order valence-corrected chi connectivity index (χ1v) is 7.32. The van der Waals surface area contributed by atoms with Gasteiger partial charge in [0.25, 0.3) is 0 Å². The molecule has 0 spiro atoms. The summed E-state index contributed by atoms with van der Waals surface area (Å²) in [6, 6.07) is 16.4. The van der Waals surface area contributed by atoms with Crippen molar-refractivity contribution in [3.8, 4) is 11.5 Å². The number of rotatable bonds is 7. The predicted octanol–water partition coefficient (Wildman–Crippen LogP) is 3.51. The van der Waals surface area contributed by atoms with Crippen LogP contribution in [0.5, 0.6) is 11.5 Å². The molecule has 0 aliphatic carbocycles. The Morgan fingerprint density at radius 3 is 2.57 bits per heavy atom. The van der Waals surface area contributed by atoms with Crippen LogP contribution in [0.15, 0.2) is 48.5 Å². The van der Waals surface area contributed by atoms with Crippen LogP contribution in [0.1, 0.15) is 24.5 Å². The molecule has 0 radical (unpaired) electrons. The van der Waals surface area contributed by atoms with Gasteiger partial charge in [0.2, 0.25) is 0 Å². The summed E-state index contributed by atoms with van der Waals surface area (Å²) in [4.78, 5) is 0. The van der Waals surface area contributed by atoms with Gasteiger partial charge >= 0.3 is 0 Å². The largest absolute Gasteiger partial charge is 0.504 e. The zero-order valence-electron chi connectivity index (χ0n) is 12.7. The van der Waals surface area contributed by atoms with Crippen molar-refractivity contribution in [2.24, 2.45) is 0 Å². The monoisotopic (exact) mass is 285 g/mol. The Hall–Kier alpha value is -2.00. The number of ether oxygens (including phenoxy) is 1. The molecule has 3 heteroatoms. The van der Waals surface area contributed by atoms with Gasteiger partial charge in [0, 0.05) is 12.6 Å². The van der Waals surface area contributed by atoms with Crippen LogP contribution < -0.4 is 10.1 Å². The lowest BCUT2D eigenvalue weighted by molar-refractivity contribution is 0.372. The van der Waals surface area contributed by atoms with Crippen LogP contribution in [-0.2, 0) is 13.0 Å². The van der Waals surface area contributed by atoms with Crippen molar-refractivity contribution in [3.63, 3.8) is 0 Å². The summed E-state index contributed by atoms with van der Waals surface area (Å²) in [7, 11) is 1.57. The van der Waals surface area contributed by atoms with Crippen LogP contribution in [0.4, 0.5) is 0 Å². The van der Waals surface area contributed by atoms with E-state index in [1.165, 1.54) is 11.1 Å². The lowest BCUT2D eigenvalue weighted by Crippen LogP contribution is -2.25. The topological polar surface area (TPSA) is 41.5 Å². The van der Waals surface area contributed by atoms with Gasteiger partial charge in [-0.15, -0.1) is 0 Å². The van der Waals surface area contributed by atoms with E-state index < -0.39 is 0 Å². The average molecular weight is 285 g/mol. The van der Waals surface area contributed by atoms with Crippen LogP contribution in [0.2, 0.25) is 0 Å². The molecular weight excluding hydrogens is 262 g/mol. The summed E-state index contributed by atoms with van der Waals surface area (Å²) in [6.07, 6.45) is 2.00. The van der Waals surface area contributed by atoms with Crippen LogP contribution in [0.25, 0.3) is 0 Å². The first-order valence-electron chi connectivity index (χ1n) is 7.32. The second-order valence-electron chi connectivity index (χ2n) is 5.31. The van der Waals surface area contributed by atoms with E-state index in [0.717, 1.165) is 19.4 Å². The molecule has 2 N–H and O–H groups in total. The van der Waals surface area contributed by atoms with Crippen LogP contribution >= 0.6 is 0 Å². The summed E-state index contributed by atoms with van der Waals surface area (Å²) < 4.78 is 5.13. The quantitative estimate of drug-likeness (QED) is 0.818. The molecular formula is C18H23NO2.